The molecule has 3 heterocycles. The molecule has 3 aromatic heterocycles. The molecule has 168 valence electrons. The molecule has 0 radical (unpaired) electrons. The fourth-order valence-electron chi connectivity index (χ4n) is 3.83. The van der Waals surface area contributed by atoms with E-state index in [0.717, 1.165) is 27.9 Å². The van der Waals surface area contributed by atoms with Crippen LogP contribution in [-0.4, -0.2) is 37.7 Å². The van der Waals surface area contributed by atoms with Gasteiger partial charge in [0.1, 0.15) is 17.8 Å². The molecule has 0 aliphatic rings. The molecule has 0 saturated heterocycles. The SMILES string of the molecule is COc1cc2ncnc(-c3cn(C)nc3-c3ccccc3)c2cc1NC(=O)c1ccc(C)nc1. The standard InChI is InChI=1S/C26H22N6O2/c1-16-9-10-18(13-27-16)26(33)30-22-11-19-21(12-23(22)34-3)28-15-29-25(19)20-14-32(2)31-24(20)17-7-5-4-6-8-17/h4-15H,1-3H3,(H,30,33). The summed E-state index contributed by atoms with van der Waals surface area (Å²) in [4.78, 5) is 26.1. The van der Waals surface area contributed by atoms with Gasteiger partial charge in [0.15, 0.2) is 0 Å². The molecular formula is C26H22N6O2. The van der Waals surface area contributed by atoms with Gasteiger partial charge in [-0.25, -0.2) is 9.97 Å². The number of carbonyl (C=O) groups is 1. The minimum absolute atomic E-state index is 0.282. The second-order valence-corrected chi connectivity index (χ2v) is 7.87. The number of anilines is 1. The van der Waals surface area contributed by atoms with Crippen LogP contribution in [-0.2, 0) is 7.05 Å². The lowest BCUT2D eigenvalue weighted by atomic mass is 10.0. The summed E-state index contributed by atoms with van der Waals surface area (Å²) in [6.45, 7) is 1.87. The molecule has 0 fully saturated rings. The summed E-state index contributed by atoms with van der Waals surface area (Å²) in [7, 11) is 3.44. The number of hydrogen-bond donors (Lipinski definition) is 1. The number of hydrogen-bond acceptors (Lipinski definition) is 6. The normalized spacial score (nSPS) is 10.9. The molecule has 0 aliphatic heterocycles. The quantitative estimate of drug-likeness (QED) is 0.418. The number of aromatic nitrogens is 5. The maximum atomic E-state index is 12.9. The summed E-state index contributed by atoms with van der Waals surface area (Å²) in [5.74, 6) is 0.218. The Kier molecular flexibility index (Phi) is 5.47. The smallest absolute Gasteiger partial charge is 0.257 e. The third-order valence-corrected chi connectivity index (χ3v) is 5.51. The third kappa shape index (κ3) is 3.97. The molecule has 1 N–H and O–H groups in total. The van der Waals surface area contributed by atoms with Crippen molar-refractivity contribution in [3.63, 3.8) is 0 Å². The van der Waals surface area contributed by atoms with Crippen LogP contribution >= 0.6 is 0 Å². The molecule has 0 unspecified atom stereocenters. The van der Waals surface area contributed by atoms with E-state index in [0.29, 0.717) is 28.2 Å². The van der Waals surface area contributed by atoms with Gasteiger partial charge in [-0.15, -0.1) is 0 Å². The van der Waals surface area contributed by atoms with Crippen molar-refractivity contribution < 1.29 is 9.53 Å². The van der Waals surface area contributed by atoms with Crippen LogP contribution in [0.1, 0.15) is 16.1 Å². The zero-order chi connectivity index (χ0) is 23.7. The van der Waals surface area contributed by atoms with Crippen molar-refractivity contribution in [2.75, 3.05) is 12.4 Å². The van der Waals surface area contributed by atoms with Crippen molar-refractivity contribution in [2.45, 2.75) is 6.92 Å². The van der Waals surface area contributed by atoms with Crippen molar-refractivity contribution in [1.29, 1.82) is 0 Å². The summed E-state index contributed by atoms with van der Waals surface area (Å²) in [6.07, 6.45) is 5.01. The molecule has 5 rings (SSSR count). The molecule has 2 aromatic carbocycles. The number of aryl methyl sites for hydroxylation is 2. The van der Waals surface area contributed by atoms with Crippen molar-refractivity contribution in [3.8, 4) is 28.3 Å². The third-order valence-electron chi connectivity index (χ3n) is 5.51. The van der Waals surface area contributed by atoms with Crippen LogP contribution in [0.5, 0.6) is 5.75 Å². The Morgan fingerprint density at radius 2 is 1.82 bits per heavy atom. The Labute approximate surface area is 196 Å². The zero-order valence-electron chi connectivity index (χ0n) is 19.0. The van der Waals surface area contributed by atoms with Crippen LogP contribution < -0.4 is 10.1 Å². The Bertz CT molecular complexity index is 1490. The Morgan fingerprint density at radius 3 is 2.56 bits per heavy atom. The predicted molar refractivity (Wildman–Crippen MR) is 131 cm³/mol. The molecule has 1 amide bonds. The molecule has 34 heavy (non-hydrogen) atoms. The van der Waals surface area contributed by atoms with Gasteiger partial charge < -0.3 is 10.1 Å². The van der Waals surface area contributed by atoms with Crippen LogP contribution in [0.2, 0.25) is 0 Å². The molecular weight excluding hydrogens is 428 g/mol. The van der Waals surface area contributed by atoms with Gasteiger partial charge in [-0.1, -0.05) is 30.3 Å². The van der Waals surface area contributed by atoms with E-state index in [-0.39, 0.29) is 5.91 Å². The van der Waals surface area contributed by atoms with Crippen molar-refractivity contribution >= 4 is 22.5 Å². The number of benzene rings is 2. The zero-order valence-corrected chi connectivity index (χ0v) is 19.0. The maximum Gasteiger partial charge on any atom is 0.257 e. The number of pyridine rings is 1. The summed E-state index contributed by atoms with van der Waals surface area (Å²) < 4.78 is 7.31. The summed E-state index contributed by atoms with van der Waals surface area (Å²) in [5, 5.41) is 8.38. The highest BCUT2D eigenvalue weighted by atomic mass is 16.5. The molecule has 0 atom stereocenters. The molecule has 5 aromatic rings. The number of methoxy groups -OCH3 is 1. The highest BCUT2D eigenvalue weighted by Gasteiger charge is 2.19. The first-order valence-corrected chi connectivity index (χ1v) is 10.7. The summed E-state index contributed by atoms with van der Waals surface area (Å²) in [6, 6.07) is 17.1. The van der Waals surface area contributed by atoms with Gasteiger partial charge in [-0.2, -0.15) is 5.10 Å². The van der Waals surface area contributed by atoms with Gasteiger partial charge >= 0.3 is 0 Å². The van der Waals surface area contributed by atoms with E-state index in [4.69, 9.17) is 4.74 Å². The fourth-order valence-corrected chi connectivity index (χ4v) is 3.83. The van der Waals surface area contributed by atoms with Crippen molar-refractivity contribution in [1.82, 2.24) is 24.7 Å². The first kappa shape index (κ1) is 21.3. The van der Waals surface area contributed by atoms with Gasteiger partial charge in [0.2, 0.25) is 0 Å². The number of rotatable bonds is 5. The lowest BCUT2D eigenvalue weighted by Crippen LogP contribution is -2.13. The Morgan fingerprint density at radius 1 is 1.00 bits per heavy atom. The van der Waals surface area contributed by atoms with Crippen LogP contribution in [0, 0.1) is 6.92 Å². The molecule has 0 aliphatic carbocycles. The predicted octanol–water partition coefficient (Wildman–Crippen LogP) is 4.66. The number of fused-ring (bicyclic) bond motifs is 1. The topological polar surface area (TPSA) is 94.8 Å². The van der Waals surface area contributed by atoms with Crippen LogP contribution in [0.3, 0.4) is 0 Å². The first-order valence-electron chi connectivity index (χ1n) is 10.7. The van der Waals surface area contributed by atoms with E-state index in [9.17, 15) is 4.79 Å². The molecule has 8 heteroatoms. The highest BCUT2D eigenvalue weighted by molar-refractivity contribution is 6.07. The van der Waals surface area contributed by atoms with Crippen molar-refractivity contribution in [3.05, 3.63) is 84.6 Å². The van der Waals surface area contributed by atoms with E-state index >= 15 is 0 Å². The van der Waals surface area contributed by atoms with E-state index in [2.05, 4.69) is 25.4 Å². The Balaban J connectivity index is 1.63. The number of nitrogens with zero attached hydrogens (tertiary/aromatic N) is 5. The van der Waals surface area contributed by atoms with E-state index < -0.39 is 0 Å². The summed E-state index contributed by atoms with van der Waals surface area (Å²) >= 11 is 0. The van der Waals surface area contributed by atoms with Gasteiger partial charge in [-0.05, 0) is 25.1 Å². The van der Waals surface area contributed by atoms with Gasteiger partial charge in [-0.3, -0.25) is 14.5 Å². The highest BCUT2D eigenvalue weighted by Crippen LogP contribution is 2.37. The molecule has 0 saturated carbocycles. The maximum absolute atomic E-state index is 12.9. The number of carbonyl (C=O) groups excluding carboxylic acids is 1. The minimum atomic E-state index is -0.282. The average Bonchev–Trinajstić information content (AvgIpc) is 3.25. The Hall–Kier alpha value is -4.59. The number of nitrogens with one attached hydrogen (secondary N) is 1. The summed E-state index contributed by atoms with van der Waals surface area (Å²) in [5.41, 5.74) is 5.89. The average molecular weight is 451 g/mol. The molecule has 0 spiro atoms. The lowest BCUT2D eigenvalue weighted by molar-refractivity contribution is 0.102. The van der Waals surface area contributed by atoms with Gasteiger partial charge in [0.05, 0.1) is 29.6 Å². The van der Waals surface area contributed by atoms with E-state index in [1.807, 2.05) is 56.6 Å². The largest absolute Gasteiger partial charge is 0.494 e. The first-order chi connectivity index (χ1) is 16.5. The second kappa shape index (κ2) is 8.74. The fraction of sp³-hybridized carbons (Fsp3) is 0.115. The van der Waals surface area contributed by atoms with Gasteiger partial charge in [0.25, 0.3) is 5.91 Å². The van der Waals surface area contributed by atoms with Gasteiger partial charge in [0, 0.05) is 47.7 Å². The van der Waals surface area contributed by atoms with E-state index in [1.54, 1.807) is 36.2 Å². The van der Waals surface area contributed by atoms with E-state index in [1.165, 1.54) is 6.33 Å². The second-order valence-electron chi connectivity index (χ2n) is 7.87. The van der Waals surface area contributed by atoms with Crippen LogP contribution in [0.4, 0.5) is 5.69 Å². The van der Waals surface area contributed by atoms with Crippen LogP contribution in [0.15, 0.2) is 73.3 Å². The molecule has 8 nitrogen and oxygen atoms in total. The minimum Gasteiger partial charge on any atom is -0.494 e. The lowest BCUT2D eigenvalue weighted by Gasteiger charge is -2.13. The monoisotopic (exact) mass is 450 g/mol. The molecule has 0 bridgehead atoms. The number of ether oxygens (including phenoxy) is 1. The van der Waals surface area contributed by atoms with Crippen molar-refractivity contribution in [2.24, 2.45) is 7.05 Å². The van der Waals surface area contributed by atoms with Crippen LogP contribution in [0.25, 0.3) is 33.4 Å². The number of amides is 1.